The Hall–Kier alpha value is -1.55. The summed E-state index contributed by atoms with van der Waals surface area (Å²) in [5.74, 6) is 0.463. The number of carbonyl (C=O) groups is 1. The van der Waals surface area contributed by atoms with Gasteiger partial charge in [0.05, 0.1) is 0 Å². The van der Waals surface area contributed by atoms with E-state index in [4.69, 9.17) is 5.73 Å². The van der Waals surface area contributed by atoms with Crippen molar-refractivity contribution in [2.24, 2.45) is 5.73 Å². The van der Waals surface area contributed by atoms with Crippen molar-refractivity contribution >= 4 is 6.03 Å². The Kier molecular flexibility index (Phi) is 5.62. The van der Waals surface area contributed by atoms with Gasteiger partial charge in [-0.15, -0.1) is 0 Å². The van der Waals surface area contributed by atoms with E-state index in [2.05, 4.69) is 37.4 Å². The van der Waals surface area contributed by atoms with Crippen molar-refractivity contribution in [3.8, 4) is 0 Å². The maximum Gasteiger partial charge on any atom is 0.317 e. The van der Waals surface area contributed by atoms with Gasteiger partial charge in [0.1, 0.15) is 0 Å². The highest BCUT2D eigenvalue weighted by Gasteiger charge is 2.25. The van der Waals surface area contributed by atoms with Gasteiger partial charge in [-0.25, -0.2) is 4.79 Å². The number of benzene rings is 1. The van der Waals surface area contributed by atoms with Crippen LogP contribution in [0.15, 0.2) is 24.3 Å². The number of nitrogens with two attached hydrogens (primary N) is 1. The van der Waals surface area contributed by atoms with Gasteiger partial charge in [-0.1, -0.05) is 38.1 Å². The maximum atomic E-state index is 12.4. The molecule has 0 unspecified atom stereocenters. The lowest BCUT2D eigenvalue weighted by Gasteiger charge is -2.35. The van der Waals surface area contributed by atoms with Gasteiger partial charge < -0.3 is 16.0 Å². The van der Waals surface area contributed by atoms with Gasteiger partial charge in [0.25, 0.3) is 0 Å². The number of amides is 2. The zero-order valence-electron chi connectivity index (χ0n) is 13.1. The van der Waals surface area contributed by atoms with Crippen molar-refractivity contribution in [2.45, 2.75) is 51.6 Å². The fourth-order valence-corrected chi connectivity index (χ4v) is 3.04. The van der Waals surface area contributed by atoms with Crippen molar-refractivity contribution in [2.75, 3.05) is 13.1 Å². The SMILES string of the molecule is CC(C)c1ccccc1CNC(=O)N1CCCC[C@H]1CN. The molecule has 0 aromatic heterocycles. The van der Waals surface area contributed by atoms with Crippen LogP contribution in [-0.2, 0) is 6.54 Å². The molecule has 116 valence electrons. The number of piperidine rings is 1. The maximum absolute atomic E-state index is 12.4. The molecule has 1 heterocycles. The van der Waals surface area contributed by atoms with Crippen LogP contribution in [0.4, 0.5) is 4.79 Å². The molecule has 2 rings (SSSR count). The topological polar surface area (TPSA) is 58.4 Å². The average Bonchev–Trinajstić information content (AvgIpc) is 2.52. The molecular weight excluding hydrogens is 262 g/mol. The van der Waals surface area contributed by atoms with Crippen LogP contribution in [0.3, 0.4) is 0 Å². The fraction of sp³-hybridized carbons (Fsp3) is 0.588. The van der Waals surface area contributed by atoms with E-state index in [1.165, 1.54) is 17.5 Å². The monoisotopic (exact) mass is 289 g/mol. The second-order valence-corrected chi connectivity index (χ2v) is 6.09. The lowest BCUT2D eigenvalue weighted by molar-refractivity contribution is 0.153. The van der Waals surface area contributed by atoms with E-state index < -0.39 is 0 Å². The van der Waals surface area contributed by atoms with Gasteiger partial charge in [0.2, 0.25) is 0 Å². The van der Waals surface area contributed by atoms with Crippen molar-refractivity contribution in [1.29, 1.82) is 0 Å². The summed E-state index contributed by atoms with van der Waals surface area (Å²) >= 11 is 0. The van der Waals surface area contributed by atoms with Crippen LogP contribution in [0.2, 0.25) is 0 Å². The van der Waals surface area contributed by atoms with E-state index in [0.717, 1.165) is 19.4 Å². The lowest BCUT2D eigenvalue weighted by Crippen LogP contribution is -2.51. The van der Waals surface area contributed by atoms with Crippen molar-refractivity contribution in [3.63, 3.8) is 0 Å². The predicted octanol–water partition coefficient (Wildman–Crippen LogP) is 2.83. The molecule has 1 aromatic rings. The molecule has 4 heteroatoms. The average molecular weight is 289 g/mol. The van der Waals surface area contributed by atoms with E-state index in [1.807, 2.05) is 11.0 Å². The zero-order chi connectivity index (χ0) is 15.2. The Morgan fingerprint density at radius 2 is 2.14 bits per heavy atom. The third-order valence-corrected chi connectivity index (χ3v) is 4.27. The zero-order valence-corrected chi connectivity index (χ0v) is 13.1. The highest BCUT2D eigenvalue weighted by atomic mass is 16.2. The second kappa shape index (κ2) is 7.46. The second-order valence-electron chi connectivity index (χ2n) is 6.09. The van der Waals surface area contributed by atoms with Crippen LogP contribution in [0.1, 0.15) is 50.2 Å². The number of likely N-dealkylation sites (tertiary alicyclic amines) is 1. The standard InChI is InChI=1S/C17H27N3O/c1-13(2)16-9-4-3-7-14(16)12-19-17(21)20-10-6-5-8-15(20)11-18/h3-4,7,9,13,15H,5-6,8,10-12,18H2,1-2H3,(H,19,21)/t15-/m0/s1. The van der Waals surface area contributed by atoms with E-state index in [1.54, 1.807) is 0 Å². The third kappa shape index (κ3) is 3.97. The summed E-state index contributed by atoms with van der Waals surface area (Å²) in [4.78, 5) is 14.3. The van der Waals surface area contributed by atoms with Crippen LogP contribution >= 0.6 is 0 Å². The van der Waals surface area contributed by atoms with Crippen LogP contribution in [0.25, 0.3) is 0 Å². The first-order valence-electron chi connectivity index (χ1n) is 7.95. The first kappa shape index (κ1) is 15.8. The van der Waals surface area contributed by atoms with Gasteiger partial charge in [0.15, 0.2) is 0 Å². The summed E-state index contributed by atoms with van der Waals surface area (Å²) < 4.78 is 0. The number of nitrogens with zero attached hydrogens (tertiary/aromatic N) is 1. The minimum atomic E-state index is 0.0173. The molecule has 1 fully saturated rings. The summed E-state index contributed by atoms with van der Waals surface area (Å²) in [6.45, 7) is 6.31. The number of hydrogen-bond acceptors (Lipinski definition) is 2. The Morgan fingerprint density at radius 1 is 1.38 bits per heavy atom. The largest absolute Gasteiger partial charge is 0.334 e. The van der Waals surface area contributed by atoms with Crippen molar-refractivity contribution in [1.82, 2.24) is 10.2 Å². The van der Waals surface area contributed by atoms with E-state index >= 15 is 0 Å². The Bertz CT molecular complexity index is 473. The first-order valence-corrected chi connectivity index (χ1v) is 7.95. The molecule has 1 aliphatic rings. The minimum absolute atomic E-state index is 0.0173. The van der Waals surface area contributed by atoms with E-state index in [-0.39, 0.29) is 12.1 Å². The molecule has 3 N–H and O–H groups in total. The van der Waals surface area contributed by atoms with Crippen LogP contribution in [0, 0.1) is 0 Å². The Morgan fingerprint density at radius 3 is 2.86 bits per heavy atom. The summed E-state index contributed by atoms with van der Waals surface area (Å²) in [6, 6.07) is 8.51. The first-order chi connectivity index (χ1) is 10.1. The fourth-order valence-electron chi connectivity index (χ4n) is 3.04. The molecule has 1 saturated heterocycles. The third-order valence-electron chi connectivity index (χ3n) is 4.27. The van der Waals surface area contributed by atoms with Crippen LogP contribution < -0.4 is 11.1 Å². The number of urea groups is 1. The minimum Gasteiger partial charge on any atom is -0.334 e. The molecule has 21 heavy (non-hydrogen) atoms. The molecule has 0 saturated carbocycles. The molecule has 1 aromatic carbocycles. The van der Waals surface area contributed by atoms with Crippen LogP contribution in [0.5, 0.6) is 0 Å². The molecule has 2 amide bonds. The number of hydrogen-bond donors (Lipinski definition) is 2. The predicted molar refractivity (Wildman–Crippen MR) is 86.2 cm³/mol. The normalized spacial score (nSPS) is 18.9. The highest BCUT2D eigenvalue weighted by Crippen LogP contribution is 2.20. The van der Waals surface area contributed by atoms with Gasteiger partial charge in [0, 0.05) is 25.7 Å². The molecule has 1 aliphatic heterocycles. The van der Waals surface area contributed by atoms with Crippen molar-refractivity contribution in [3.05, 3.63) is 35.4 Å². The smallest absolute Gasteiger partial charge is 0.317 e. The van der Waals surface area contributed by atoms with E-state index in [9.17, 15) is 4.79 Å². The molecule has 0 aliphatic carbocycles. The van der Waals surface area contributed by atoms with Gasteiger partial charge in [-0.3, -0.25) is 0 Å². The van der Waals surface area contributed by atoms with Crippen LogP contribution in [-0.4, -0.2) is 30.1 Å². The quantitative estimate of drug-likeness (QED) is 0.895. The Balaban J connectivity index is 1.97. The van der Waals surface area contributed by atoms with E-state index in [0.29, 0.717) is 19.0 Å². The summed E-state index contributed by atoms with van der Waals surface area (Å²) in [5.41, 5.74) is 8.28. The highest BCUT2D eigenvalue weighted by molar-refractivity contribution is 5.74. The summed E-state index contributed by atoms with van der Waals surface area (Å²) in [6.07, 6.45) is 3.26. The Labute approximate surface area is 127 Å². The molecule has 0 bridgehead atoms. The molecule has 4 nitrogen and oxygen atoms in total. The summed E-state index contributed by atoms with van der Waals surface area (Å²) in [5, 5.41) is 3.06. The molecule has 0 spiro atoms. The van der Waals surface area contributed by atoms with Crippen molar-refractivity contribution < 1.29 is 4.79 Å². The lowest BCUT2D eigenvalue weighted by atomic mass is 9.97. The molecular formula is C17H27N3O. The van der Waals surface area contributed by atoms with Gasteiger partial charge >= 0.3 is 6.03 Å². The van der Waals surface area contributed by atoms with Gasteiger partial charge in [-0.2, -0.15) is 0 Å². The molecule has 1 atom stereocenters. The number of nitrogens with one attached hydrogen (secondary N) is 1. The number of rotatable bonds is 4. The number of carbonyl (C=O) groups excluding carboxylic acids is 1. The molecule has 0 radical (unpaired) electrons. The summed E-state index contributed by atoms with van der Waals surface area (Å²) in [7, 11) is 0. The van der Waals surface area contributed by atoms with Gasteiger partial charge in [-0.05, 0) is 36.3 Å².